The number of hydrogen-bond donors (Lipinski definition) is 0. The topological polar surface area (TPSA) is 66.6 Å². The van der Waals surface area contributed by atoms with Gasteiger partial charge >= 0.3 is 0 Å². The highest BCUT2D eigenvalue weighted by Crippen LogP contribution is 2.33. The number of aromatic nitrogens is 2. The van der Waals surface area contributed by atoms with Gasteiger partial charge in [-0.2, -0.15) is 4.98 Å². The number of benzene rings is 3. The first-order valence-corrected chi connectivity index (χ1v) is 9.30. The van der Waals surface area contributed by atoms with Crippen molar-refractivity contribution in [2.75, 3.05) is 14.2 Å². The third-order valence-corrected chi connectivity index (χ3v) is 4.50. The van der Waals surface area contributed by atoms with E-state index < -0.39 is 11.6 Å². The van der Waals surface area contributed by atoms with Crippen LogP contribution >= 0.6 is 0 Å². The van der Waals surface area contributed by atoms with Crippen LogP contribution in [0.4, 0.5) is 8.78 Å². The van der Waals surface area contributed by atoms with Crippen LogP contribution in [0.5, 0.6) is 17.2 Å². The molecule has 0 fully saturated rings. The Morgan fingerprint density at radius 2 is 1.52 bits per heavy atom. The van der Waals surface area contributed by atoms with Gasteiger partial charge in [0.25, 0.3) is 5.89 Å². The van der Waals surface area contributed by atoms with Crippen LogP contribution in [-0.4, -0.2) is 24.4 Å². The van der Waals surface area contributed by atoms with Crippen molar-refractivity contribution in [3.8, 4) is 40.1 Å². The molecule has 0 spiro atoms. The molecule has 0 saturated carbocycles. The maximum absolute atomic E-state index is 13.4. The fourth-order valence-corrected chi connectivity index (χ4v) is 2.97. The molecule has 0 aliphatic heterocycles. The highest BCUT2D eigenvalue weighted by molar-refractivity contribution is 5.63. The summed E-state index contributed by atoms with van der Waals surface area (Å²) in [6, 6.07) is 15.6. The van der Waals surface area contributed by atoms with Crippen molar-refractivity contribution in [1.82, 2.24) is 10.1 Å². The molecule has 4 rings (SSSR count). The first kappa shape index (κ1) is 20.3. The van der Waals surface area contributed by atoms with E-state index in [2.05, 4.69) is 10.1 Å². The summed E-state index contributed by atoms with van der Waals surface area (Å²) in [5, 5.41) is 4.03. The van der Waals surface area contributed by atoms with E-state index in [1.807, 2.05) is 12.1 Å². The zero-order chi connectivity index (χ0) is 21.8. The van der Waals surface area contributed by atoms with Gasteiger partial charge in [0.2, 0.25) is 5.82 Å². The Bertz CT molecular complexity index is 1170. The molecule has 0 aliphatic rings. The standard InChI is InChI=1S/C23H18F2N2O4/c1-28-19-6-3-15(4-7-19)23-26-22(27-31-23)16-5-8-20(21(11-16)29-2)30-13-14-9-17(24)12-18(25)10-14/h3-12H,13H2,1-2H3. The van der Waals surface area contributed by atoms with Gasteiger partial charge in [0.15, 0.2) is 11.5 Å². The Balaban J connectivity index is 1.53. The van der Waals surface area contributed by atoms with Crippen molar-refractivity contribution in [2.45, 2.75) is 6.61 Å². The van der Waals surface area contributed by atoms with E-state index in [1.54, 1.807) is 37.4 Å². The van der Waals surface area contributed by atoms with E-state index in [-0.39, 0.29) is 6.61 Å². The molecule has 1 aromatic heterocycles. The highest BCUT2D eigenvalue weighted by Gasteiger charge is 2.14. The summed E-state index contributed by atoms with van der Waals surface area (Å²) >= 11 is 0. The summed E-state index contributed by atoms with van der Waals surface area (Å²) in [7, 11) is 3.09. The predicted octanol–water partition coefficient (Wildman–Crippen LogP) is 5.28. The second-order valence-corrected chi connectivity index (χ2v) is 6.58. The van der Waals surface area contributed by atoms with Gasteiger partial charge in [0, 0.05) is 17.2 Å². The molecular formula is C23H18F2N2O4. The summed E-state index contributed by atoms with van der Waals surface area (Å²) in [6.07, 6.45) is 0. The Morgan fingerprint density at radius 1 is 0.806 bits per heavy atom. The second kappa shape index (κ2) is 8.83. The molecule has 0 atom stereocenters. The lowest BCUT2D eigenvalue weighted by molar-refractivity contribution is 0.283. The maximum Gasteiger partial charge on any atom is 0.258 e. The zero-order valence-corrected chi connectivity index (χ0v) is 16.8. The van der Waals surface area contributed by atoms with Crippen molar-refractivity contribution in [2.24, 2.45) is 0 Å². The maximum atomic E-state index is 13.4. The summed E-state index contributed by atoms with van der Waals surface area (Å²) in [5.74, 6) is 0.981. The fraction of sp³-hybridized carbons (Fsp3) is 0.130. The van der Waals surface area contributed by atoms with Crippen LogP contribution in [0.2, 0.25) is 0 Å². The Kier molecular flexibility index (Phi) is 5.79. The number of nitrogens with zero attached hydrogens (tertiary/aromatic N) is 2. The van der Waals surface area contributed by atoms with Crippen LogP contribution in [-0.2, 0) is 6.61 Å². The van der Waals surface area contributed by atoms with Gasteiger partial charge in [0.1, 0.15) is 24.0 Å². The van der Waals surface area contributed by atoms with Gasteiger partial charge in [0.05, 0.1) is 14.2 Å². The largest absolute Gasteiger partial charge is 0.497 e. The third-order valence-electron chi connectivity index (χ3n) is 4.50. The Morgan fingerprint density at radius 3 is 2.19 bits per heavy atom. The summed E-state index contributed by atoms with van der Waals surface area (Å²) in [6.45, 7) is -0.0196. The lowest BCUT2D eigenvalue weighted by Crippen LogP contribution is -1.99. The van der Waals surface area contributed by atoms with Crippen LogP contribution in [0.25, 0.3) is 22.8 Å². The molecule has 158 valence electrons. The molecule has 3 aromatic carbocycles. The van der Waals surface area contributed by atoms with Crippen LogP contribution in [0.1, 0.15) is 5.56 Å². The normalized spacial score (nSPS) is 10.7. The SMILES string of the molecule is COc1ccc(-c2nc(-c3ccc(OCc4cc(F)cc(F)c4)c(OC)c3)no2)cc1. The van der Waals surface area contributed by atoms with Gasteiger partial charge < -0.3 is 18.7 Å². The van der Waals surface area contributed by atoms with Crippen molar-refractivity contribution < 1.29 is 27.5 Å². The number of rotatable bonds is 7. The minimum atomic E-state index is -0.661. The molecule has 4 aromatic rings. The molecular weight excluding hydrogens is 406 g/mol. The molecule has 8 heteroatoms. The van der Waals surface area contributed by atoms with Crippen LogP contribution < -0.4 is 14.2 Å². The first-order valence-electron chi connectivity index (χ1n) is 9.30. The zero-order valence-electron chi connectivity index (χ0n) is 16.8. The van der Waals surface area contributed by atoms with E-state index >= 15 is 0 Å². The van der Waals surface area contributed by atoms with Crippen molar-refractivity contribution in [3.05, 3.63) is 77.9 Å². The number of ether oxygens (including phenoxy) is 3. The molecule has 1 heterocycles. The van der Waals surface area contributed by atoms with Gasteiger partial charge in [-0.1, -0.05) is 5.16 Å². The monoisotopic (exact) mass is 424 g/mol. The van der Waals surface area contributed by atoms with Gasteiger partial charge in [-0.15, -0.1) is 0 Å². The van der Waals surface area contributed by atoms with Gasteiger partial charge in [-0.25, -0.2) is 8.78 Å². The third kappa shape index (κ3) is 4.63. The summed E-state index contributed by atoms with van der Waals surface area (Å²) in [4.78, 5) is 4.43. The van der Waals surface area contributed by atoms with Crippen molar-refractivity contribution in [3.63, 3.8) is 0 Å². The minimum Gasteiger partial charge on any atom is -0.497 e. The van der Waals surface area contributed by atoms with E-state index in [1.165, 1.54) is 19.2 Å². The molecule has 0 amide bonds. The number of hydrogen-bond acceptors (Lipinski definition) is 6. The molecule has 0 aliphatic carbocycles. The second-order valence-electron chi connectivity index (χ2n) is 6.58. The number of halogens is 2. The van der Waals surface area contributed by atoms with Crippen LogP contribution in [0, 0.1) is 11.6 Å². The first-order chi connectivity index (χ1) is 15.1. The smallest absolute Gasteiger partial charge is 0.258 e. The molecule has 0 unspecified atom stereocenters. The summed E-state index contributed by atoms with van der Waals surface area (Å²) < 4.78 is 48.3. The van der Waals surface area contributed by atoms with Crippen LogP contribution in [0.15, 0.2) is 65.2 Å². The molecule has 0 saturated heterocycles. The van der Waals surface area contributed by atoms with E-state index in [4.69, 9.17) is 18.7 Å². The van der Waals surface area contributed by atoms with Crippen molar-refractivity contribution in [1.29, 1.82) is 0 Å². The average molecular weight is 424 g/mol. The predicted molar refractivity (Wildman–Crippen MR) is 109 cm³/mol. The highest BCUT2D eigenvalue weighted by atomic mass is 19.1. The number of methoxy groups -OCH3 is 2. The van der Waals surface area contributed by atoms with Gasteiger partial charge in [-0.3, -0.25) is 0 Å². The average Bonchev–Trinajstić information content (AvgIpc) is 3.27. The van der Waals surface area contributed by atoms with Crippen molar-refractivity contribution >= 4 is 0 Å². The quantitative estimate of drug-likeness (QED) is 0.402. The van der Waals surface area contributed by atoms with Gasteiger partial charge in [-0.05, 0) is 60.2 Å². The molecule has 31 heavy (non-hydrogen) atoms. The Hall–Kier alpha value is -3.94. The molecule has 6 nitrogen and oxygen atoms in total. The molecule has 0 bridgehead atoms. The lowest BCUT2D eigenvalue weighted by atomic mass is 10.2. The van der Waals surface area contributed by atoms with E-state index in [9.17, 15) is 8.78 Å². The molecule has 0 radical (unpaired) electrons. The van der Waals surface area contributed by atoms with Crippen LogP contribution in [0.3, 0.4) is 0 Å². The fourth-order valence-electron chi connectivity index (χ4n) is 2.97. The summed E-state index contributed by atoms with van der Waals surface area (Å²) in [5.41, 5.74) is 1.78. The molecule has 0 N–H and O–H groups in total. The Labute approximate surface area is 177 Å². The minimum absolute atomic E-state index is 0.0196. The van der Waals surface area contributed by atoms with E-state index in [0.717, 1.165) is 17.4 Å². The lowest BCUT2D eigenvalue weighted by Gasteiger charge is -2.11. The van der Waals surface area contributed by atoms with E-state index in [0.29, 0.717) is 34.3 Å².